The van der Waals surface area contributed by atoms with E-state index in [1.54, 1.807) is 25.4 Å². The largest absolute Gasteiger partial charge is 0.385 e. The summed E-state index contributed by atoms with van der Waals surface area (Å²) < 4.78 is 29.3. The highest BCUT2D eigenvalue weighted by Gasteiger charge is 2.19. The standard InChI is InChI=1S/C13H21N3O4S/c1-20-9-5-8-16(21(2,18)19)11-13(17)15-10-12-6-3-4-7-14-12/h3-4,6-7H,5,8-11H2,1-2H3,(H,15,17). The van der Waals surface area contributed by atoms with Gasteiger partial charge in [0.05, 0.1) is 25.0 Å². The van der Waals surface area contributed by atoms with Crippen molar-refractivity contribution in [2.45, 2.75) is 13.0 Å². The fourth-order valence-electron chi connectivity index (χ4n) is 1.66. The lowest BCUT2D eigenvalue weighted by Gasteiger charge is -2.19. The number of amides is 1. The summed E-state index contributed by atoms with van der Waals surface area (Å²) in [7, 11) is -1.88. The molecule has 0 aliphatic heterocycles. The lowest BCUT2D eigenvalue weighted by Crippen LogP contribution is -2.40. The Kier molecular flexibility index (Phi) is 7.27. The van der Waals surface area contributed by atoms with Gasteiger partial charge in [-0.25, -0.2) is 8.42 Å². The number of sulfonamides is 1. The van der Waals surface area contributed by atoms with Crippen LogP contribution in [0.2, 0.25) is 0 Å². The summed E-state index contributed by atoms with van der Waals surface area (Å²) in [5, 5.41) is 2.65. The molecule has 1 N–H and O–H groups in total. The molecule has 1 heterocycles. The number of pyridine rings is 1. The number of hydrogen-bond acceptors (Lipinski definition) is 5. The van der Waals surface area contributed by atoms with Crippen molar-refractivity contribution in [1.82, 2.24) is 14.6 Å². The molecule has 8 heteroatoms. The molecule has 0 bridgehead atoms. The first kappa shape index (κ1) is 17.5. The maximum atomic E-state index is 11.8. The van der Waals surface area contributed by atoms with Crippen LogP contribution in [0.3, 0.4) is 0 Å². The topological polar surface area (TPSA) is 88.6 Å². The van der Waals surface area contributed by atoms with Gasteiger partial charge in [0, 0.05) is 26.5 Å². The van der Waals surface area contributed by atoms with Crippen molar-refractivity contribution in [2.24, 2.45) is 0 Å². The minimum absolute atomic E-state index is 0.199. The molecule has 1 rings (SSSR count). The van der Waals surface area contributed by atoms with Crippen molar-refractivity contribution in [3.05, 3.63) is 30.1 Å². The highest BCUT2D eigenvalue weighted by molar-refractivity contribution is 7.88. The van der Waals surface area contributed by atoms with Crippen molar-refractivity contribution in [3.8, 4) is 0 Å². The monoisotopic (exact) mass is 315 g/mol. The van der Waals surface area contributed by atoms with Gasteiger partial charge in [-0.3, -0.25) is 9.78 Å². The normalized spacial score (nSPS) is 11.6. The summed E-state index contributed by atoms with van der Waals surface area (Å²) in [6, 6.07) is 5.39. The smallest absolute Gasteiger partial charge is 0.235 e. The van der Waals surface area contributed by atoms with Gasteiger partial charge in [-0.05, 0) is 18.6 Å². The molecule has 0 aliphatic rings. The molecule has 0 spiro atoms. The number of rotatable bonds is 9. The quantitative estimate of drug-likeness (QED) is 0.648. The molecule has 21 heavy (non-hydrogen) atoms. The van der Waals surface area contributed by atoms with Crippen LogP contribution in [0.25, 0.3) is 0 Å². The van der Waals surface area contributed by atoms with Crippen LogP contribution in [0.1, 0.15) is 12.1 Å². The van der Waals surface area contributed by atoms with E-state index in [2.05, 4.69) is 10.3 Å². The van der Waals surface area contributed by atoms with Crippen LogP contribution < -0.4 is 5.32 Å². The highest BCUT2D eigenvalue weighted by atomic mass is 32.2. The van der Waals surface area contributed by atoms with Crippen molar-refractivity contribution >= 4 is 15.9 Å². The molecular formula is C13H21N3O4S. The average molecular weight is 315 g/mol. The maximum Gasteiger partial charge on any atom is 0.235 e. The van der Waals surface area contributed by atoms with Gasteiger partial charge in [-0.1, -0.05) is 6.07 Å². The van der Waals surface area contributed by atoms with E-state index in [-0.39, 0.29) is 25.5 Å². The van der Waals surface area contributed by atoms with E-state index in [4.69, 9.17) is 4.74 Å². The molecule has 0 aliphatic carbocycles. The number of nitrogens with one attached hydrogen (secondary N) is 1. The third kappa shape index (κ3) is 7.16. The van der Waals surface area contributed by atoms with Gasteiger partial charge in [-0.15, -0.1) is 0 Å². The number of nitrogens with zero attached hydrogens (tertiary/aromatic N) is 2. The van der Waals surface area contributed by atoms with Gasteiger partial charge in [-0.2, -0.15) is 4.31 Å². The van der Waals surface area contributed by atoms with E-state index in [1.165, 1.54) is 0 Å². The Labute approximate surface area is 125 Å². The second-order valence-corrected chi connectivity index (χ2v) is 6.52. The van der Waals surface area contributed by atoms with E-state index in [1.807, 2.05) is 6.07 Å². The third-order valence-corrected chi connectivity index (χ3v) is 3.99. The molecule has 1 aromatic heterocycles. The molecule has 0 aromatic carbocycles. The van der Waals surface area contributed by atoms with Crippen LogP contribution in [-0.2, 0) is 26.1 Å². The summed E-state index contributed by atoms with van der Waals surface area (Å²) >= 11 is 0. The van der Waals surface area contributed by atoms with E-state index >= 15 is 0 Å². The third-order valence-electron chi connectivity index (χ3n) is 2.74. The number of carbonyl (C=O) groups is 1. The summed E-state index contributed by atoms with van der Waals surface area (Å²) in [4.78, 5) is 15.9. The van der Waals surface area contributed by atoms with Crippen LogP contribution >= 0.6 is 0 Å². The molecule has 0 fully saturated rings. The highest BCUT2D eigenvalue weighted by Crippen LogP contribution is 2.00. The van der Waals surface area contributed by atoms with Crippen LogP contribution in [-0.4, -0.2) is 56.7 Å². The molecular weight excluding hydrogens is 294 g/mol. The summed E-state index contributed by atoms with van der Waals surface area (Å²) in [5.41, 5.74) is 0.719. The number of methoxy groups -OCH3 is 1. The lowest BCUT2D eigenvalue weighted by atomic mass is 10.3. The number of aromatic nitrogens is 1. The summed E-state index contributed by atoms with van der Waals surface area (Å²) in [6.07, 6.45) is 3.26. The van der Waals surface area contributed by atoms with E-state index in [0.29, 0.717) is 13.0 Å². The zero-order valence-corrected chi connectivity index (χ0v) is 13.1. The maximum absolute atomic E-state index is 11.8. The van der Waals surface area contributed by atoms with Crippen molar-refractivity contribution < 1.29 is 17.9 Å². The molecule has 0 unspecified atom stereocenters. The van der Waals surface area contributed by atoms with Crippen LogP contribution in [0, 0.1) is 0 Å². The molecule has 118 valence electrons. The van der Waals surface area contributed by atoms with Crippen molar-refractivity contribution in [2.75, 3.05) is 33.1 Å². The minimum Gasteiger partial charge on any atom is -0.385 e. The molecule has 7 nitrogen and oxygen atoms in total. The Bertz CT molecular complexity index is 534. The fraction of sp³-hybridized carbons (Fsp3) is 0.538. The molecule has 0 radical (unpaired) electrons. The fourth-order valence-corrected chi connectivity index (χ4v) is 2.47. The Morgan fingerprint density at radius 2 is 2.19 bits per heavy atom. The summed E-state index contributed by atoms with van der Waals surface area (Å²) in [6.45, 7) is 0.774. The molecule has 1 amide bonds. The average Bonchev–Trinajstić information content (AvgIpc) is 2.44. The zero-order chi connectivity index (χ0) is 15.7. The van der Waals surface area contributed by atoms with Crippen molar-refractivity contribution in [3.63, 3.8) is 0 Å². The minimum atomic E-state index is -3.42. The van der Waals surface area contributed by atoms with Gasteiger partial charge < -0.3 is 10.1 Å². The van der Waals surface area contributed by atoms with E-state index in [9.17, 15) is 13.2 Å². The number of hydrogen-bond donors (Lipinski definition) is 1. The van der Waals surface area contributed by atoms with Gasteiger partial charge >= 0.3 is 0 Å². The Balaban J connectivity index is 2.48. The van der Waals surface area contributed by atoms with E-state index in [0.717, 1.165) is 16.3 Å². The first-order chi connectivity index (χ1) is 9.93. The van der Waals surface area contributed by atoms with Gasteiger partial charge in [0.25, 0.3) is 0 Å². The molecule has 0 atom stereocenters. The summed E-state index contributed by atoms with van der Waals surface area (Å²) in [5.74, 6) is -0.358. The molecule has 0 saturated heterocycles. The Morgan fingerprint density at radius 1 is 1.43 bits per heavy atom. The first-order valence-corrected chi connectivity index (χ1v) is 8.39. The predicted octanol–water partition coefficient (Wildman–Crippen LogP) is -0.00410. The Hall–Kier alpha value is -1.51. The Morgan fingerprint density at radius 3 is 2.76 bits per heavy atom. The first-order valence-electron chi connectivity index (χ1n) is 6.54. The number of carbonyl (C=O) groups excluding carboxylic acids is 1. The molecule has 0 saturated carbocycles. The SMILES string of the molecule is COCCCN(CC(=O)NCc1ccccn1)S(C)(=O)=O. The lowest BCUT2D eigenvalue weighted by molar-refractivity contribution is -0.121. The second-order valence-electron chi connectivity index (χ2n) is 4.54. The second kappa shape index (κ2) is 8.71. The molecule has 1 aromatic rings. The van der Waals surface area contributed by atoms with Crippen LogP contribution in [0.5, 0.6) is 0 Å². The number of ether oxygens (including phenoxy) is 1. The van der Waals surface area contributed by atoms with Crippen molar-refractivity contribution in [1.29, 1.82) is 0 Å². The van der Waals surface area contributed by atoms with Crippen LogP contribution in [0.15, 0.2) is 24.4 Å². The predicted molar refractivity (Wildman–Crippen MR) is 79.0 cm³/mol. The van der Waals surface area contributed by atoms with Gasteiger partial charge in [0.15, 0.2) is 0 Å². The zero-order valence-electron chi connectivity index (χ0n) is 12.3. The van der Waals surface area contributed by atoms with E-state index < -0.39 is 10.0 Å². The van der Waals surface area contributed by atoms with Gasteiger partial charge in [0.2, 0.25) is 15.9 Å². The van der Waals surface area contributed by atoms with Crippen LogP contribution in [0.4, 0.5) is 0 Å². The van der Waals surface area contributed by atoms with Gasteiger partial charge in [0.1, 0.15) is 0 Å².